The van der Waals surface area contributed by atoms with Crippen LogP contribution in [0, 0.1) is 5.82 Å². The Kier molecular flexibility index (Phi) is 4.93. The summed E-state index contributed by atoms with van der Waals surface area (Å²) < 4.78 is 13.5. The molecular formula is C13H19BrFN. The standard InChI is InChI=1S/C13H19BrFN/c1-13(2,3)16-8-4-5-10-6-7-12(15)11(14)9-10/h6-7,9,16H,4-5,8H2,1-3H3. The Hall–Kier alpha value is -0.410. The maximum Gasteiger partial charge on any atom is 0.137 e. The van der Waals surface area contributed by atoms with Gasteiger partial charge in [0.15, 0.2) is 0 Å². The molecule has 0 saturated heterocycles. The van der Waals surface area contributed by atoms with Crippen LogP contribution in [0.2, 0.25) is 0 Å². The topological polar surface area (TPSA) is 12.0 Å². The molecular weight excluding hydrogens is 269 g/mol. The molecule has 0 spiro atoms. The van der Waals surface area contributed by atoms with Crippen LogP contribution in [0.4, 0.5) is 4.39 Å². The van der Waals surface area contributed by atoms with Crippen molar-refractivity contribution in [2.75, 3.05) is 6.54 Å². The van der Waals surface area contributed by atoms with E-state index >= 15 is 0 Å². The highest BCUT2D eigenvalue weighted by atomic mass is 79.9. The van der Waals surface area contributed by atoms with Gasteiger partial charge >= 0.3 is 0 Å². The van der Waals surface area contributed by atoms with Crippen molar-refractivity contribution in [1.29, 1.82) is 0 Å². The van der Waals surface area contributed by atoms with Gasteiger partial charge in [-0.1, -0.05) is 6.07 Å². The van der Waals surface area contributed by atoms with Gasteiger partial charge < -0.3 is 5.32 Å². The molecule has 1 aromatic rings. The van der Waals surface area contributed by atoms with Crippen LogP contribution in [0.3, 0.4) is 0 Å². The molecule has 0 radical (unpaired) electrons. The highest BCUT2D eigenvalue weighted by Gasteiger charge is 2.07. The van der Waals surface area contributed by atoms with Gasteiger partial charge in [-0.25, -0.2) is 4.39 Å². The fourth-order valence-electron chi connectivity index (χ4n) is 1.45. The SMILES string of the molecule is CC(C)(C)NCCCc1ccc(F)c(Br)c1. The molecule has 0 aromatic heterocycles. The Morgan fingerprint density at radius 2 is 2.00 bits per heavy atom. The minimum Gasteiger partial charge on any atom is -0.312 e. The molecule has 1 rings (SSSR count). The van der Waals surface area contributed by atoms with E-state index in [4.69, 9.17) is 0 Å². The molecule has 0 saturated carbocycles. The lowest BCUT2D eigenvalue weighted by Gasteiger charge is -2.20. The lowest BCUT2D eigenvalue weighted by molar-refractivity contribution is 0.422. The van der Waals surface area contributed by atoms with Gasteiger partial charge in [0.1, 0.15) is 5.82 Å². The first-order chi connectivity index (χ1) is 7.38. The Morgan fingerprint density at radius 3 is 2.56 bits per heavy atom. The first-order valence-electron chi connectivity index (χ1n) is 5.57. The summed E-state index contributed by atoms with van der Waals surface area (Å²) in [4.78, 5) is 0. The zero-order valence-corrected chi connectivity index (χ0v) is 11.7. The predicted molar refractivity (Wildman–Crippen MR) is 70.2 cm³/mol. The van der Waals surface area contributed by atoms with Gasteiger partial charge in [0.25, 0.3) is 0 Å². The summed E-state index contributed by atoms with van der Waals surface area (Å²) >= 11 is 3.20. The molecule has 0 bridgehead atoms. The quantitative estimate of drug-likeness (QED) is 0.828. The van der Waals surface area contributed by atoms with Crippen molar-refractivity contribution in [3.8, 4) is 0 Å². The predicted octanol–water partition coefficient (Wildman–Crippen LogP) is 3.91. The maximum atomic E-state index is 13.0. The second-order valence-corrected chi connectivity index (χ2v) is 5.88. The summed E-state index contributed by atoms with van der Waals surface area (Å²) in [5, 5.41) is 3.43. The number of aryl methyl sites for hydroxylation is 1. The molecule has 0 aliphatic carbocycles. The number of halogens is 2. The molecule has 0 aliphatic heterocycles. The van der Waals surface area contributed by atoms with E-state index in [1.165, 1.54) is 11.6 Å². The largest absolute Gasteiger partial charge is 0.312 e. The average Bonchev–Trinajstić information content (AvgIpc) is 2.17. The molecule has 3 heteroatoms. The fraction of sp³-hybridized carbons (Fsp3) is 0.538. The zero-order chi connectivity index (χ0) is 12.2. The molecule has 1 N–H and O–H groups in total. The molecule has 0 unspecified atom stereocenters. The summed E-state index contributed by atoms with van der Waals surface area (Å²) in [5.41, 5.74) is 1.34. The van der Waals surface area contributed by atoms with Crippen molar-refractivity contribution in [3.05, 3.63) is 34.1 Å². The second-order valence-electron chi connectivity index (χ2n) is 5.03. The van der Waals surface area contributed by atoms with Gasteiger partial charge in [0.05, 0.1) is 4.47 Å². The number of hydrogen-bond donors (Lipinski definition) is 1. The van der Waals surface area contributed by atoms with Crippen molar-refractivity contribution in [3.63, 3.8) is 0 Å². The van der Waals surface area contributed by atoms with Crippen LogP contribution < -0.4 is 5.32 Å². The van der Waals surface area contributed by atoms with Gasteiger partial charge in [-0.3, -0.25) is 0 Å². The molecule has 0 aliphatic rings. The van der Waals surface area contributed by atoms with Crippen molar-refractivity contribution in [2.45, 2.75) is 39.2 Å². The first-order valence-corrected chi connectivity index (χ1v) is 6.37. The summed E-state index contributed by atoms with van der Waals surface area (Å²) in [5.74, 6) is -0.198. The van der Waals surface area contributed by atoms with Gasteiger partial charge in [-0.15, -0.1) is 0 Å². The van der Waals surface area contributed by atoms with Gasteiger partial charge in [0.2, 0.25) is 0 Å². The van der Waals surface area contributed by atoms with Gasteiger partial charge in [0, 0.05) is 5.54 Å². The molecule has 0 amide bonds. The third-order valence-corrected chi connectivity index (χ3v) is 2.89. The number of benzene rings is 1. The van der Waals surface area contributed by atoms with E-state index in [2.05, 4.69) is 42.0 Å². The van der Waals surface area contributed by atoms with E-state index in [-0.39, 0.29) is 11.4 Å². The van der Waals surface area contributed by atoms with Crippen LogP contribution in [-0.2, 0) is 6.42 Å². The summed E-state index contributed by atoms with van der Waals surface area (Å²) in [7, 11) is 0. The number of rotatable bonds is 4. The lowest BCUT2D eigenvalue weighted by Crippen LogP contribution is -2.36. The molecule has 0 atom stereocenters. The highest BCUT2D eigenvalue weighted by Crippen LogP contribution is 2.17. The van der Waals surface area contributed by atoms with E-state index in [0.717, 1.165) is 19.4 Å². The van der Waals surface area contributed by atoms with Crippen LogP contribution in [0.15, 0.2) is 22.7 Å². The summed E-state index contributed by atoms with van der Waals surface area (Å²) in [6, 6.07) is 5.21. The Labute approximate surface area is 106 Å². The third-order valence-electron chi connectivity index (χ3n) is 2.28. The lowest BCUT2D eigenvalue weighted by atomic mass is 10.1. The van der Waals surface area contributed by atoms with Crippen LogP contribution >= 0.6 is 15.9 Å². The average molecular weight is 288 g/mol. The maximum absolute atomic E-state index is 13.0. The van der Waals surface area contributed by atoms with Crippen molar-refractivity contribution < 1.29 is 4.39 Å². The molecule has 1 nitrogen and oxygen atoms in total. The Balaban J connectivity index is 2.35. The van der Waals surface area contributed by atoms with Crippen molar-refractivity contribution >= 4 is 15.9 Å². The fourth-order valence-corrected chi connectivity index (χ4v) is 1.88. The second kappa shape index (κ2) is 5.78. The normalized spacial score (nSPS) is 11.8. The zero-order valence-electron chi connectivity index (χ0n) is 10.1. The number of nitrogens with one attached hydrogen (secondary N) is 1. The van der Waals surface area contributed by atoms with Crippen LogP contribution in [0.5, 0.6) is 0 Å². The molecule has 16 heavy (non-hydrogen) atoms. The van der Waals surface area contributed by atoms with E-state index in [0.29, 0.717) is 4.47 Å². The Morgan fingerprint density at radius 1 is 1.31 bits per heavy atom. The molecule has 0 heterocycles. The Bertz CT molecular complexity index is 344. The molecule has 0 fully saturated rings. The summed E-state index contributed by atoms with van der Waals surface area (Å²) in [6.45, 7) is 7.45. The first kappa shape index (κ1) is 13.7. The number of hydrogen-bond acceptors (Lipinski definition) is 1. The van der Waals surface area contributed by atoms with E-state index < -0.39 is 0 Å². The van der Waals surface area contributed by atoms with Gasteiger partial charge in [-0.05, 0) is 73.8 Å². The van der Waals surface area contributed by atoms with E-state index in [9.17, 15) is 4.39 Å². The van der Waals surface area contributed by atoms with Crippen LogP contribution in [0.1, 0.15) is 32.8 Å². The van der Waals surface area contributed by atoms with Crippen LogP contribution in [0.25, 0.3) is 0 Å². The minimum atomic E-state index is -0.198. The minimum absolute atomic E-state index is 0.170. The monoisotopic (exact) mass is 287 g/mol. The van der Waals surface area contributed by atoms with E-state index in [1.54, 1.807) is 0 Å². The smallest absolute Gasteiger partial charge is 0.137 e. The molecule has 1 aromatic carbocycles. The van der Waals surface area contributed by atoms with Crippen LogP contribution in [-0.4, -0.2) is 12.1 Å². The van der Waals surface area contributed by atoms with Crippen molar-refractivity contribution in [1.82, 2.24) is 5.32 Å². The summed E-state index contributed by atoms with van der Waals surface area (Å²) in [6.07, 6.45) is 2.04. The molecule has 90 valence electrons. The van der Waals surface area contributed by atoms with E-state index in [1.807, 2.05) is 12.1 Å². The highest BCUT2D eigenvalue weighted by molar-refractivity contribution is 9.10. The van der Waals surface area contributed by atoms with Crippen molar-refractivity contribution in [2.24, 2.45) is 0 Å². The van der Waals surface area contributed by atoms with Gasteiger partial charge in [-0.2, -0.15) is 0 Å². The third kappa shape index (κ3) is 5.08.